The number of benzene rings is 1. The van der Waals surface area contributed by atoms with Crippen LogP contribution in [0.2, 0.25) is 0 Å². The topological polar surface area (TPSA) is 49.4 Å². The van der Waals surface area contributed by atoms with Gasteiger partial charge in [-0.05, 0) is 43.4 Å². The van der Waals surface area contributed by atoms with Crippen LogP contribution in [-0.2, 0) is 16.1 Å². The molecule has 1 aliphatic carbocycles. The third-order valence-corrected chi connectivity index (χ3v) is 5.07. The lowest BCUT2D eigenvalue weighted by atomic mass is 9.95. The first-order valence-corrected chi connectivity index (χ1v) is 9.89. The van der Waals surface area contributed by atoms with Crippen molar-refractivity contribution in [3.8, 4) is 0 Å². The minimum absolute atomic E-state index is 0.0255. The summed E-state index contributed by atoms with van der Waals surface area (Å²) >= 11 is 0. The van der Waals surface area contributed by atoms with Crippen LogP contribution in [0.25, 0.3) is 0 Å². The van der Waals surface area contributed by atoms with Crippen molar-refractivity contribution in [1.82, 2.24) is 10.2 Å². The van der Waals surface area contributed by atoms with Crippen molar-refractivity contribution in [1.29, 1.82) is 0 Å². The summed E-state index contributed by atoms with van der Waals surface area (Å²) in [5.41, 5.74) is 0.833. The zero-order valence-electron chi connectivity index (χ0n) is 16.0. The Labute approximate surface area is 156 Å². The molecule has 0 saturated heterocycles. The Morgan fingerprint density at radius 2 is 1.81 bits per heavy atom. The predicted octanol–water partition coefficient (Wildman–Crippen LogP) is 4.18. The van der Waals surface area contributed by atoms with E-state index in [9.17, 15) is 14.0 Å². The van der Waals surface area contributed by atoms with Crippen molar-refractivity contribution in [2.75, 3.05) is 0 Å². The van der Waals surface area contributed by atoms with Crippen LogP contribution in [0.15, 0.2) is 24.3 Å². The lowest BCUT2D eigenvalue weighted by Crippen LogP contribution is -2.51. The highest BCUT2D eigenvalue weighted by atomic mass is 19.1. The molecule has 1 N–H and O–H groups in total. The third kappa shape index (κ3) is 5.82. The number of rotatable bonds is 8. The van der Waals surface area contributed by atoms with E-state index in [1.807, 2.05) is 13.8 Å². The molecule has 0 bridgehead atoms. The average Bonchev–Trinajstić information content (AvgIpc) is 2.64. The Bertz CT molecular complexity index is 582. The number of nitrogens with one attached hydrogen (secondary N) is 1. The average molecular weight is 362 g/mol. The Morgan fingerprint density at radius 1 is 1.15 bits per heavy atom. The van der Waals surface area contributed by atoms with Crippen LogP contribution in [-0.4, -0.2) is 28.8 Å². The summed E-state index contributed by atoms with van der Waals surface area (Å²) < 4.78 is 13.2. The van der Waals surface area contributed by atoms with Crippen molar-refractivity contribution < 1.29 is 14.0 Å². The van der Waals surface area contributed by atoms with E-state index in [1.165, 1.54) is 18.6 Å². The molecule has 0 unspecified atom stereocenters. The first kappa shape index (κ1) is 20.4. The van der Waals surface area contributed by atoms with Gasteiger partial charge >= 0.3 is 0 Å². The second-order valence-electron chi connectivity index (χ2n) is 7.17. The Balaban J connectivity index is 2.12. The van der Waals surface area contributed by atoms with Crippen LogP contribution in [0.1, 0.15) is 70.8 Å². The fourth-order valence-electron chi connectivity index (χ4n) is 3.61. The minimum Gasteiger partial charge on any atom is -0.352 e. The molecule has 0 radical (unpaired) electrons. The number of hydrogen-bond donors (Lipinski definition) is 1. The largest absolute Gasteiger partial charge is 0.352 e. The molecule has 2 rings (SSSR count). The lowest BCUT2D eigenvalue weighted by Gasteiger charge is -2.32. The molecule has 0 aliphatic heterocycles. The molecule has 2 amide bonds. The van der Waals surface area contributed by atoms with Gasteiger partial charge in [0.25, 0.3) is 0 Å². The van der Waals surface area contributed by atoms with Gasteiger partial charge < -0.3 is 10.2 Å². The van der Waals surface area contributed by atoms with Crippen molar-refractivity contribution >= 4 is 11.8 Å². The van der Waals surface area contributed by atoms with Crippen LogP contribution < -0.4 is 5.32 Å². The molecule has 144 valence electrons. The maximum Gasteiger partial charge on any atom is 0.243 e. The van der Waals surface area contributed by atoms with E-state index >= 15 is 0 Å². The summed E-state index contributed by atoms with van der Waals surface area (Å²) in [5, 5.41) is 3.15. The zero-order chi connectivity index (χ0) is 18.9. The fraction of sp³-hybridized carbons (Fsp3) is 0.619. The number of nitrogens with zero attached hydrogens (tertiary/aromatic N) is 1. The summed E-state index contributed by atoms with van der Waals surface area (Å²) in [6.07, 6.45) is 7.27. The van der Waals surface area contributed by atoms with E-state index in [0.29, 0.717) is 19.4 Å². The first-order valence-electron chi connectivity index (χ1n) is 9.89. The van der Waals surface area contributed by atoms with Crippen molar-refractivity contribution in [3.05, 3.63) is 35.6 Å². The van der Waals surface area contributed by atoms with E-state index in [2.05, 4.69) is 5.32 Å². The molecule has 1 aliphatic rings. The number of hydrogen-bond acceptors (Lipinski definition) is 2. The SMILES string of the molecule is CCCC(=O)N(Cc1ccc(F)cc1)[C@@H](CC)C(=O)NC1CCCCC1. The fourth-order valence-corrected chi connectivity index (χ4v) is 3.61. The van der Waals surface area contributed by atoms with Gasteiger partial charge in [-0.15, -0.1) is 0 Å². The minimum atomic E-state index is -0.485. The standard InChI is InChI=1S/C21H31FN2O2/c1-3-8-20(25)24(15-16-11-13-17(22)14-12-16)19(4-2)21(26)23-18-9-6-5-7-10-18/h11-14,18-19H,3-10,15H2,1-2H3,(H,23,26)/t19-/m0/s1. The molecule has 0 spiro atoms. The molecule has 1 aromatic rings. The van der Waals surface area contributed by atoms with Gasteiger partial charge in [-0.3, -0.25) is 9.59 Å². The van der Waals surface area contributed by atoms with E-state index in [0.717, 1.165) is 37.7 Å². The van der Waals surface area contributed by atoms with Crippen LogP contribution in [0.5, 0.6) is 0 Å². The summed E-state index contributed by atoms with van der Waals surface area (Å²) in [6.45, 7) is 4.22. The lowest BCUT2D eigenvalue weighted by molar-refractivity contribution is -0.141. The molecule has 1 saturated carbocycles. The molecule has 4 nitrogen and oxygen atoms in total. The summed E-state index contributed by atoms with van der Waals surface area (Å²) in [7, 11) is 0. The van der Waals surface area contributed by atoms with Crippen LogP contribution in [0.4, 0.5) is 4.39 Å². The number of halogens is 1. The van der Waals surface area contributed by atoms with Gasteiger partial charge in [0.15, 0.2) is 0 Å². The second-order valence-corrected chi connectivity index (χ2v) is 7.17. The van der Waals surface area contributed by atoms with Gasteiger partial charge in [0.05, 0.1) is 0 Å². The van der Waals surface area contributed by atoms with Gasteiger partial charge in [0.2, 0.25) is 11.8 Å². The molecular formula is C21H31FN2O2. The summed E-state index contributed by atoms with van der Waals surface area (Å²) in [6, 6.07) is 5.86. The predicted molar refractivity (Wildman–Crippen MR) is 101 cm³/mol. The second kappa shape index (κ2) is 10.3. The molecule has 5 heteroatoms. The van der Waals surface area contributed by atoms with Crippen molar-refractivity contribution in [2.45, 2.75) is 83.8 Å². The maximum absolute atomic E-state index is 13.2. The molecule has 0 heterocycles. The van der Waals surface area contributed by atoms with Crippen molar-refractivity contribution in [3.63, 3.8) is 0 Å². The monoisotopic (exact) mass is 362 g/mol. The van der Waals surface area contributed by atoms with Gasteiger partial charge in [-0.25, -0.2) is 4.39 Å². The molecule has 1 aromatic carbocycles. The van der Waals surface area contributed by atoms with Gasteiger partial charge in [-0.2, -0.15) is 0 Å². The summed E-state index contributed by atoms with van der Waals surface area (Å²) in [5.74, 6) is -0.393. The molecule has 1 fully saturated rings. The van der Waals surface area contributed by atoms with Crippen LogP contribution in [0, 0.1) is 5.82 Å². The van der Waals surface area contributed by atoms with Gasteiger partial charge in [-0.1, -0.05) is 45.2 Å². The Hall–Kier alpha value is -1.91. The molecular weight excluding hydrogens is 331 g/mol. The Kier molecular flexibility index (Phi) is 8.07. The number of carbonyl (C=O) groups is 2. The van der Waals surface area contributed by atoms with E-state index in [4.69, 9.17) is 0 Å². The van der Waals surface area contributed by atoms with Gasteiger partial charge in [0.1, 0.15) is 11.9 Å². The highest BCUT2D eigenvalue weighted by molar-refractivity contribution is 5.87. The third-order valence-electron chi connectivity index (χ3n) is 5.07. The van der Waals surface area contributed by atoms with E-state index in [1.54, 1.807) is 17.0 Å². The highest BCUT2D eigenvalue weighted by Gasteiger charge is 2.29. The Morgan fingerprint density at radius 3 is 2.38 bits per heavy atom. The first-order chi connectivity index (χ1) is 12.5. The van der Waals surface area contributed by atoms with Crippen LogP contribution >= 0.6 is 0 Å². The normalized spacial score (nSPS) is 16.1. The zero-order valence-corrected chi connectivity index (χ0v) is 16.0. The number of carbonyl (C=O) groups excluding carboxylic acids is 2. The smallest absolute Gasteiger partial charge is 0.243 e. The van der Waals surface area contributed by atoms with E-state index < -0.39 is 6.04 Å². The maximum atomic E-state index is 13.2. The molecule has 1 atom stereocenters. The van der Waals surface area contributed by atoms with Crippen molar-refractivity contribution in [2.24, 2.45) is 0 Å². The quantitative estimate of drug-likeness (QED) is 0.754. The van der Waals surface area contributed by atoms with Crippen LogP contribution in [0.3, 0.4) is 0 Å². The molecule has 0 aromatic heterocycles. The van der Waals surface area contributed by atoms with E-state index in [-0.39, 0.29) is 23.7 Å². The van der Waals surface area contributed by atoms with Gasteiger partial charge in [0, 0.05) is 19.0 Å². The number of amides is 2. The molecule has 26 heavy (non-hydrogen) atoms. The highest BCUT2D eigenvalue weighted by Crippen LogP contribution is 2.19. The summed E-state index contributed by atoms with van der Waals surface area (Å²) in [4.78, 5) is 27.2.